The van der Waals surface area contributed by atoms with Gasteiger partial charge in [-0.2, -0.15) is 0 Å². The average Bonchev–Trinajstić information content (AvgIpc) is 2.71. The van der Waals surface area contributed by atoms with Crippen LogP contribution in [0.1, 0.15) is 26.3 Å². The van der Waals surface area contributed by atoms with E-state index in [9.17, 15) is 9.59 Å². The second-order valence-electron chi connectivity index (χ2n) is 5.93. The largest absolute Gasteiger partial charge is 0.490 e. The van der Waals surface area contributed by atoms with Gasteiger partial charge in [0.2, 0.25) is 0 Å². The first-order chi connectivity index (χ1) is 13.6. The molecule has 0 saturated carbocycles. The minimum Gasteiger partial charge on any atom is -0.490 e. The Morgan fingerprint density at radius 3 is 2.18 bits per heavy atom. The summed E-state index contributed by atoms with van der Waals surface area (Å²) in [5.74, 6) is 0.0631. The van der Waals surface area contributed by atoms with Gasteiger partial charge >= 0.3 is 5.97 Å². The summed E-state index contributed by atoms with van der Waals surface area (Å²) in [5.41, 5.74) is 2.07. The number of hydrogen-bond donors (Lipinski definition) is 0. The van der Waals surface area contributed by atoms with Gasteiger partial charge in [0.05, 0.1) is 22.2 Å². The van der Waals surface area contributed by atoms with Crippen LogP contribution in [-0.4, -0.2) is 18.9 Å². The molecule has 0 unspecified atom stereocenters. The summed E-state index contributed by atoms with van der Waals surface area (Å²) in [4.78, 5) is 22.8. The fraction of sp³-hybridized carbons (Fsp3) is 0.0909. The van der Waals surface area contributed by atoms with Crippen molar-refractivity contribution < 1.29 is 19.1 Å². The summed E-state index contributed by atoms with van der Waals surface area (Å²) in [7, 11) is 0. The number of aldehydes is 1. The smallest absolute Gasteiger partial charge is 0.343 e. The SMILES string of the molecule is O=Cc1ccc(CCOc2c(Cl)cc(OC(=O)c3ccccc3)cc2Cl)cc1. The summed E-state index contributed by atoms with van der Waals surface area (Å²) in [6, 6.07) is 18.8. The first kappa shape index (κ1) is 19.9. The van der Waals surface area contributed by atoms with Crippen molar-refractivity contribution in [3.63, 3.8) is 0 Å². The molecule has 6 heteroatoms. The molecule has 0 aliphatic heterocycles. The molecule has 0 radical (unpaired) electrons. The van der Waals surface area contributed by atoms with Crippen LogP contribution in [0.5, 0.6) is 11.5 Å². The van der Waals surface area contributed by atoms with E-state index in [1.165, 1.54) is 12.1 Å². The molecule has 0 saturated heterocycles. The van der Waals surface area contributed by atoms with Crippen LogP contribution in [0.15, 0.2) is 66.7 Å². The topological polar surface area (TPSA) is 52.6 Å². The third-order valence-electron chi connectivity index (χ3n) is 3.94. The predicted molar refractivity (Wildman–Crippen MR) is 109 cm³/mol. The normalized spacial score (nSPS) is 10.4. The van der Waals surface area contributed by atoms with Crippen LogP contribution in [0.4, 0.5) is 0 Å². The van der Waals surface area contributed by atoms with Crippen molar-refractivity contribution in [1.82, 2.24) is 0 Å². The minimum absolute atomic E-state index is 0.237. The van der Waals surface area contributed by atoms with Crippen LogP contribution in [0.2, 0.25) is 10.0 Å². The molecule has 28 heavy (non-hydrogen) atoms. The van der Waals surface area contributed by atoms with Crippen molar-refractivity contribution in [1.29, 1.82) is 0 Å². The first-order valence-corrected chi connectivity index (χ1v) is 9.25. The zero-order chi connectivity index (χ0) is 19.9. The monoisotopic (exact) mass is 414 g/mol. The highest BCUT2D eigenvalue weighted by atomic mass is 35.5. The molecule has 3 aromatic carbocycles. The van der Waals surface area contributed by atoms with Gasteiger partial charge in [0, 0.05) is 24.1 Å². The van der Waals surface area contributed by atoms with Gasteiger partial charge in [-0.05, 0) is 17.7 Å². The predicted octanol–water partition coefficient (Wildman–Crippen LogP) is 5.65. The van der Waals surface area contributed by atoms with E-state index >= 15 is 0 Å². The number of carbonyl (C=O) groups is 2. The Morgan fingerprint density at radius 1 is 0.929 bits per heavy atom. The van der Waals surface area contributed by atoms with Crippen molar-refractivity contribution in [3.8, 4) is 11.5 Å². The number of rotatable bonds is 7. The quantitative estimate of drug-likeness (QED) is 0.284. The second-order valence-corrected chi connectivity index (χ2v) is 6.74. The molecule has 0 aliphatic carbocycles. The molecular formula is C22H16Cl2O4. The second kappa shape index (κ2) is 9.40. The van der Waals surface area contributed by atoms with E-state index < -0.39 is 5.97 Å². The maximum Gasteiger partial charge on any atom is 0.343 e. The lowest BCUT2D eigenvalue weighted by Crippen LogP contribution is -2.08. The van der Waals surface area contributed by atoms with E-state index in [1.807, 2.05) is 18.2 Å². The van der Waals surface area contributed by atoms with Crippen molar-refractivity contribution >= 4 is 35.5 Å². The van der Waals surface area contributed by atoms with Gasteiger partial charge in [-0.1, -0.05) is 65.7 Å². The lowest BCUT2D eigenvalue weighted by Gasteiger charge is -2.12. The van der Waals surface area contributed by atoms with Crippen molar-refractivity contribution in [3.05, 3.63) is 93.5 Å². The van der Waals surface area contributed by atoms with Crippen LogP contribution < -0.4 is 9.47 Å². The molecule has 142 valence electrons. The maximum atomic E-state index is 12.1. The number of carbonyl (C=O) groups excluding carboxylic acids is 2. The van der Waals surface area contributed by atoms with Gasteiger partial charge in [0.25, 0.3) is 0 Å². The van der Waals surface area contributed by atoms with E-state index in [1.54, 1.807) is 36.4 Å². The van der Waals surface area contributed by atoms with E-state index in [0.717, 1.165) is 11.8 Å². The van der Waals surface area contributed by atoms with Crippen LogP contribution in [0.25, 0.3) is 0 Å². The number of ether oxygens (including phenoxy) is 2. The van der Waals surface area contributed by atoms with Crippen molar-refractivity contribution in [2.24, 2.45) is 0 Å². The highest BCUT2D eigenvalue weighted by Crippen LogP contribution is 2.37. The molecule has 0 fully saturated rings. The summed E-state index contributed by atoms with van der Waals surface area (Å²) in [6.45, 7) is 0.350. The van der Waals surface area contributed by atoms with Crippen molar-refractivity contribution in [2.45, 2.75) is 6.42 Å². The highest BCUT2D eigenvalue weighted by molar-refractivity contribution is 6.37. The highest BCUT2D eigenvalue weighted by Gasteiger charge is 2.14. The molecule has 4 nitrogen and oxygen atoms in total. The Bertz CT molecular complexity index is 947. The zero-order valence-electron chi connectivity index (χ0n) is 14.7. The van der Waals surface area contributed by atoms with Gasteiger partial charge in [-0.15, -0.1) is 0 Å². The summed E-state index contributed by atoms with van der Waals surface area (Å²) < 4.78 is 11.0. The van der Waals surface area contributed by atoms with Crippen LogP contribution in [-0.2, 0) is 6.42 Å². The molecule has 0 bridgehead atoms. The molecular weight excluding hydrogens is 399 g/mol. The van der Waals surface area contributed by atoms with Crippen LogP contribution in [0.3, 0.4) is 0 Å². The Kier molecular flexibility index (Phi) is 6.69. The first-order valence-electron chi connectivity index (χ1n) is 8.50. The standard InChI is InChI=1S/C22H16Cl2O4/c23-19-12-18(28-22(26)17-4-2-1-3-5-17)13-20(24)21(19)27-11-10-15-6-8-16(14-25)9-7-15/h1-9,12-14H,10-11H2. The molecule has 0 aliphatic rings. The van der Waals surface area contributed by atoms with E-state index in [0.29, 0.717) is 29.9 Å². The molecule has 3 rings (SSSR count). The third-order valence-corrected chi connectivity index (χ3v) is 4.51. The molecule has 0 heterocycles. The Hall–Kier alpha value is -2.82. The van der Waals surface area contributed by atoms with Gasteiger partial charge in [0.1, 0.15) is 12.0 Å². The Labute approximate surface area is 172 Å². The number of esters is 1. The lowest BCUT2D eigenvalue weighted by molar-refractivity contribution is 0.0734. The summed E-state index contributed by atoms with van der Waals surface area (Å²) in [5, 5.41) is 0.499. The Balaban J connectivity index is 1.62. The molecule has 0 amide bonds. The van der Waals surface area contributed by atoms with Gasteiger partial charge in [-0.25, -0.2) is 4.79 Å². The van der Waals surface area contributed by atoms with Gasteiger partial charge < -0.3 is 9.47 Å². The summed E-state index contributed by atoms with van der Waals surface area (Å²) >= 11 is 12.5. The van der Waals surface area contributed by atoms with E-state index in [-0.39, 0.29) is 15.8 Å². The molecule has 0 N–H and O–H groups in total. The number of halogens is 2. The summed E-state index contributed by atoms with van der Waals surface area (Å²) in [6.07, 6.45) is 1.42. The maximum absolute atomic E-state index is 12.1. The van der Waals surface area contributed by atoms with E-state index in [2.05, 4.69) is 0 Å². The van der Waals surface area contributed by atoms with Crippen LogP contribution in [0, 0.1) is 0 Å². The molecule has 0 atom stereocenters. The fourth-order valence-electron chi connectivity index (χ4n) is 2.51. The lowest BCUT2D eigenvalue weighted by atomic mass is 10.1. The number of hydrogen-bond acceptors (Lipinski definition) is 4. The minimum atomic E-state index is -0.500. The molecule has 0 aromatic heterocycles. The van der Waals surface area contributed by atoms with E-state index in [4.69, 9.17) is 32.7 Å². The van der Waals surface area contributed by atoms with Crippen LogP contribution >= 0.6 is 23.2 Å². The van der Waals surface area contributed by atoms with Crippen molar-refractivity contribution in [2.75, 3.05) is 6.61 Å². The molecule has 0 spiro atoms. The molecule has 3 aromatic rings. The number of benzene rings is 3. The average molecular weight is 415 g/mol. The van der Waals surface area contributed by atoms with Gasteiger partial charge in [0.15, 0.2) is 5.75 Å². The Morgan fingerprint density at radius 2 is 1.57 bits per heavy atom. The fourth-order valence-corrected chi connectivity index (χ4v) is 3.08. The third kappa shape index (κ3) is 5.12. The van der Waals surface area contributed by atoms with Gasteiger partial charge in [-0.3, -0.25) is 4.79 Å². The zero-order valence-corrected chi connectivity index (χ0v) is 16.2.